The molecular formula is C14H22N2O3S. The second-order valence-electron chi connectivity index (χ2n) is 5.28. The number of fused-ring (bicyclic) bond motifs is 1. The highest BCUT2D eigenvalue weighted by molar-refractivity contribution is 7.89. The first-order valence-corrected chi connectivity index (χ1v) is 8.33. The van der Waals surface area contributed by atoms with Gasteiger partial charge >= 0.3 is 0 Å². The molecule has 1 aromatic carbocycles. The SMILES string of the molecule is CC(O)CCN(C)S(=O)(=O)c1cccc2c1CCNC2. The smallest absolute Gasteiger partial charge is 0.243 e. The fourth-order valence-corrected chi connectivity index (χ4v) is 3.87. The zero-order valence-corrected chi connectivity index (χ0v) is 12.8. The molecule has 1 atom stereocenters. The van der Waals surface area contributed by atoms with Gasteiger partial charge in [-0.3, -0.25) is 0 Å². The van der Waals surface area contributed by atoms with Crippen LogP contribution in [0.4, 0.5) is 0 Å². The van der Waals surface area contributed by atoms with E-state index in [1.807, 2.05) is 6.07 Å². The number of rotatable bonds is 5. The number of nitrogens with zero attached hydrogens (tertiary/aromatic N) is 1. The third-order valence-corrected chi connectivity index (χ3v) is 5.59. The Morgan fingerprint density at radius 3 is 2.90 bits per heavy atom. The molecule has 6 heteroatoms. The second kappa shape index (κ2) is 6.22. The minimum absolute atomic E-state index is 0.321. The Balaban J connectivity index is 2.30. The molecule has 0 aromatic heterocycles. The predicted molar refractivity (Wildman–Crippen MR) is 78.0 cm³/mol. The quantitative estimate of drug-likeness (QED) is 0.840. The summed E-state index contributed by atoms with van der Waals surface area (Å²) in [6, 6.07) is 5.44. The molecule has 0 aliphatic carbocycles. The van der Waals surface area contributed by atoms with Crippen molar-refractivity contribution in [2.75, 3.05) is 20.1 Å². The minimum atomic E-state index is -3.48. The lowest BCUT2D eigenvalue weighted by molar-refractivity contribution is 0.177. The topological polar surface area (TPSA) is 69.6 Å². The van der Waals surface area contributed by atoms with E-state index in [2.05, 4.69) is 5.32 Å². The summed E-state index contributed by atoms with van der Waals surface area (Å²) in [5.41, 5.74) is 1.98. The average Bonchev–Trinajstić information content (AvgIpc) is 2.43. The number of sulfonamides is 1. The molecule has 20 heavy (non-hydrogen) atoms. The Morgan fingerprint density at radius 2 is 2.20 bits per heavy atom. The lowest BCUT2D eigenvalue weighted by atomic mass is 10.0. The van der Waals surface area contributed by atoms with Gasteiger partial charge in [-0.05, 0) is 43.5 Å². The fourth-order valence-electron chi connectivity index (χ4n) is 2.40. The molecule has 0 radical (unpaired) electrons. The van der Waals surface area contributed by atoms with Crippen molar-refractivity contribution < 1.29 is 13.5 Å². The first-order valence-electron chi connectivity index (χ1n) is 6.89. The van der Waals surface area contributed by atoms with Crippen LogP contribution in [0.15, 0.2) is 23.1 Å². The van der Waals surface area contributed by atoms with Crippen LogP contribution in [-0.2, 0) is 23.0 Å². The van der Waals surface area contributed by atoms with E-state index in [0.29, 0.717) is 17.9 Å². The molecule has 0 fully saturated rings. The second-order valence-corrected chi connectivity index (χ2v) is 7.30. The van der Waals surface area contributed by atoms with Crippen LogP contribution >= 0.6 is 0 Å². The lowest BCUT2D eigenvalue weighted by Gasteiger charge is -2.24. The minimum Gasteiger partial charge on any atom is -0.393 e. The third kappa shape index (κ3) is 3.20. The lowest BCUT2D eigenvalue weighted by Crippen LogP contribution is -2.32. The number of hydrogen-bond acceptors (Lipinski definition) is 4. The maximum absolute atomic E-state index is 12.6. The third-order valence-electron chi connectivity index (χ3n) is 3.65. The van der Waals surface area contributed by atoms with Crippen LogP contribution in [-0.4, -0.2) is 44.1 Å². The van der Waals surface area contributed by atoms with E-state index >= 15 is 0 Å². The van der Waals surface area contributed by atoms with Gasteiger partial charge in [0, 0.05) is 20.1 Å². The molecule has 1 unspecified atom stereocenters. The van der Waals surface area contributed by atoms with Crippen molar-refractivity contribution in [3.8, 4) is 0 Å². The summed E-state index contributed by atoms with van der Waals surface area (Å²) >= 11 is 0. The molecule has 0 amide bonds. The van der Waals surface area contributed by atoms with Crippen molar-refractivity contribution in [3.63, 3.8) is 0 Å². The zero-order valence-electron chi connectivity index (χ0n) is 12.0. The Hall–Kier alpha value is -0.950. The largest absolute Gasteiger partial charge is 0.393 e. The number of aliphatic hydroxyl groups excluding tert-OH is 1. The maximum Gasteiger partial charge on any atom is 0.243 e. The van der Waals surface area contributed by atoms with Crippen LogP contribution in [0.2, 0.25) is 0 Å². The van der Waals surface area contributed by atoms with E-state index in [-0.39, 0.29) is 0 Å². The Kier molecular flexibility index (Phi) is 4.80. The summed E-state index contributed by atoms with van der Waals surface area (Å²) in [6.45, 7) is 3.51. The molecule has 1 heterocycles. The van der Waals surface area contributed by atoms with Crippen LogP contribution in [0, 0.1) is 0 Å². The first kappa shape index (κ1) is 15.4. The standard InChI is InChI=1S/C14H22N2O3S/c1-11(17)7-9-16(2)20(18,19)14-5-3-4-12-10-15-8-6-13(12)14/h3-5,11,15,17H,6-10H2,1-2H3. The Morgan fingerprint density at radius 1 is 1.45 bits per heavy atom. The van der Waals surface area contributed by atoms with Gasteiger partial charge in [0.25, 0.3) is 0 Å². The molecule has 0 bridgehead atoms. The van der Waals surface area contributed by atoms with Gasteiger partial charge in [0.05, 0.1) is 11.0 Å². The van der Waals surface area contributed by atoms with Crippen molar-refractivity contribution in [1.82, 2.24) is 9.62 Å². The highest BCUT2D eigenvalue weighted by atomic mass is 32.2. The van der Waals surface area contributed by atoms with Crippen LogP contribution in [0.25, 0.3) is 0 Å². The van der Waals surface area contributed by atoms with Crippen molar-refractivity contribution in [2.45, 2.75) is 37.3 Å². The highest BCUT2D eigenvalue weighted by Crippen LogP contribution is 2.25. The van der Waals surface area contributed by atoms with Crippen LogP contribution in [0.5, 0.6) is 0 Å². The van der Waals surface area contributed by atoms with E-state index in [1.165, 1.54) is 4.31 Å². The van der Waals surface area contributed by atoms with E-state index in [4.69, 9.17) is 0 Å². The zero-order chi connectivity index (χ0) is 14.8. The van der Waals surface area contributed by atoms with Crippen LogP contribution in [0.1, 0.15) is 24.5 Å². The summed E-state index contributed by atoms with van der Waals surface area (Å²) in [7, 11) is -1.91. The number of aliphatic hydroxyl groups is 1. The maximum atomic E-state index is 12.6. The number of nitrogens with one attached hydrogen (secondary N) is 1. The monoisotopic (exact) mass is 298 g/mol. The van der Waals surface area contributed by atoms with E-state index in [0.717, 1.165) is 30.6 Å². The van der Waals surface area contributed by atoms with Crippen molar-refractivity contribution in [2.24, 2.45) is 0 Å². The number of hydrogen-bond donors (Lipinski definition) is 2. The van der Waals surface area contributed by atoms with Crippen LogP contribution < -0.4 is 5.32 Å². The van der Waals surface area contributed by atoms with Gasteiger partial charge in [-0.1, -0.05) is 12.1 Å². The van der Waals surface area contributed by atoms with E-state index in [9.17, 15) is 13.5 Å². The molecule has 1 aliphatic rings. The molecule has 0 spiro atoms. The summed E-state index contributed by atoms with van der Waals surface area (Å²) in [5.74, 6) is 0. The Labute approximate surface area is 120 Å². The Bertz CT molecular complexity index is 570. The first-order chi connectivity index (χ1) is 9.43. The van der Waals surface area contributed by atoms with Gasteiger partial charge in [-0.25, -0.2) is 12.7 Å². The molecule has 2 rings (SSSR count). The van der Waals surface area contributed by atoms with E-state index < -0.39 is 16.1 Å². The molecule has 112 valence electrons. The summed E-state index contributed by atoms with van der Waals surface area (Å²) in [6.07, 6.45) is 0.669. The van der Waals surface area contributed by atoms with Gasteiger partial charge in [0.15, 0.2) is 0 Å². The number of benzene rings is 1. The molecule has 0 saturated heterocycles. The molecule has 1 aliphatic heterocycles. The van der Waals surface area contributed by atoms with Gasteiger partial charge in [-0.15, -0.1) is 0 Å². The van der Waals surface area contributed by atoms with Crippen LogP contribution in [0.3, 0.4) is 0 Å². The van der Waals surface area contributed by atoms with Gasteiger partial charge in [0.1, 0.15) is 0 Å². The average molecular weight is 298 g/mol. The molecule has 5 nitrogen and oxygen atoms in total. The van der Waals surface area contributed by atoms with Crippen molar-refractivity contribution >= 4 is 10.0 Å². The molecule has 2 N–H and O–H groups in total. The van der Waals surface area contributed by atoms with E-state index in [1.54, 1.807) is 26.1 Å². The summed E-state index contributed by atoms with van der Waals surface area (Å²) < 4.78 is 26.6. The van der Waals surface area contributed by atoms with Gasteiger partial charge in [0.2, 0.25) is 10.0 Å². The van der Waals surface area contributed by atoms with Crippen molar-refractivity contribution in [1.29, 1.82) is 0 Å². The van der Waals surface area contributed by atoms with Gasteiger partial charge < -0.3 is 10.4 Å². The van der Waals surface area contributed by atoms with Crippen molar-refractivity contribution in [3.05, 3.63) is 29.3 Å². The fraction of sp³-hybridized carbons (Fsp3) is 0.571. The summed E-state index contributed by atoms with van der Waals surface area (Å²) in [4.78, 5) is 0.407. The van der Waals surface area contributed by atoms with Gasteiger partial charge in [-0.2, -0.15) is 0 Å². The normalized spacial score (nSPS) is 17.0. The predicted octanol–water partition coefficient (Wildman–Crippen LogP) is 0.724. The highest BCUT2D eigenvalue weighted by Gasteiger charge is 2.26. The molecule has 1 aromatic rings. The molecular weight excluding hydrogens is 276 g/mol. The summed E-state index contributed by atoms with van der Waals surface area (Å²) in [5, 5.41) is 12.5. The molecule has 0 saturated carbocycles.